The van der Waals surface area contributed by atoms with Gasteiger partial charge in [-0.15, -0.1) is 0 Å². The van der Waals surface area contributed by atoms with Crippen molar-refractivity contribution >= 4 is 64.2 Å². The highest BCUT2D eigenvalue weighted by Gasteiger charge is 2.33. The number of carbonyl (C=O) groups excluding carboxylic acids is 1. The van der Waals surface area contributed by atoms with Gasteiger partial charge in [0.2, 0.25) is 0 Å². The standard InChI is InChI=1S/C27H27Cl3N2O4/c1-2-3-4-5-6-13-23-20(12-9-11-18-10-7-8-14-24(18)36-17-25(33)34)27(35)32(31-23)26-21(29)15-19(28)16-22(26)30/h7-12,14-16H,2-6,13,17H2,1H3,(H,33,34)/b11-9+,20-12-. The summed E-state index contributed by atoms with van der Waals surface area (Å²) in [7, 11) is 0. The van der Waals surface area contributed by atoms with Gasteiger partial charge in [-0.05, 0) is 37.1 Å². The van der Waals surface area contributed by atoms with E-state index in [1.165, 1.54) is 23.6 Å². The molecular formula is C27H27Cl3N2O4. The van der Waals surface area contributed by atoms with Gasteiger partial charge >= 0.3 is 5.97 Å². The molecule has 2 aromatic rings. The van der Waals surface area contributed by atoms with Gasteiger partial charge in [-0.25, -0.2) is 4.79 Å². The normalized spacial score (nSPS) is 14.7. The second kappa shape index (κ2) is 13.5. The van der Waals surface area contributed by atoms with Gasteiger partial charge in [-0.2, -0.15) is 10.1 Å². The minimum atomic E-state index is -1.06. The molecule has 1 heterocycles. The number of carbonyl (C=O) groups is 2. The van der Waals surface area contributed by atoms with Crippen LogP contribution in [-0.4, -0.2) is 29.3 Å². The van der Waals surface area contributed by atoms with Crippen LogP contribution in [0.3, 0.4) is 0 Å². The van der Waals surface area contributed by atoms with E-state index in [0.29, 0.717) is 34.0 Å². The van der Waals surface area contributed by atoms with Gasteiger partial charge in [0.25, 0.3) is 5.91 Å². The number of hydrogen-bond acceptors (Lipinski definition) is 4. The van der Waals surface area contributed by atoms with Crippen molar-refractivity contribution in [3.05, 3.63) is 74.8 Å². The molecule has 36 heavy (non-hydrogen) atoms. The van der Waals surface area contributed by atoms with E-state index >= 15 is 0 Å². The Morgan fingerprint density at radius 3 is 2.47 bits per heavy atom. The number of allylic oxidation sites excluding steroid dienone is 2. The van der Waals surface area contributed by atoms with Crippen LogP contribution in [0.1, 0.15) is 51.0 Å². The lowest BCUT2D eigenvalue weighted by molar-refractivity contribution is -0.139. The number of hydrazone groups is 1. The van der Waals surface area contributed by atoms with Crippen LogP contribution < -0.4 is 9.75 Å². The summed E-state index contributed by atoms with van der Waals surface area (Å²) < 4.78 is 5.35. The summed E-state index contributed by atoms with van der Waals surface area (Å²) in [5, 5.41) is 15.5. The number of amides is 1. The SMILES string of the molecule is CCCCCCCC1=NN(c2c(Cl)cc(Cl)cc2Cl)C(=O)/C1=C\C=C\c1ccccc1OCC(=O)O. The number of para-hydroxylation sites is 1. The molecule has 1 aliphatic rings. The maximum Gasteiger partial charge on any atom is 0.341 e. The van der Waals surface area contributed by atoms with Gasteiger partial charge in [0.15, 0.2) is 6.61 Å². The molecule has 0 saturated carbocycles. The van der Waals surface area contributed by atoms with Crippen LogP contribution in [0.2, 0.25) is 15.1 Å². The summed E-state index contributed by atoms with van der Waals surface area (Å²) in [5.41, 5.74) is 2.06. The summed E-state index contributed by atoms with van der Waals surface area (Å²) in [6.45, 7) is 1.71. The van der Waals surface area contributed by atoms with E-state index < -0.39 is 12.6 Å². The van der Waals surface area contributed by atoms with Crippen LogP contribution in [-0.2, 0) is 9.59 Å². The first kappa shape index (κ1) is 27.8. The van der Waals surface area contributed by atoms with E-state index in [0.717, 1.165) is 25.7 Å². The Labute approximate surface area is 225 Å². The van der Waals surface area contributed by atoms with E-state index in [4.69, 9.17) is 44.6 Å². The predicted octanol–water partition coefficient (Wildman–Crippen LogP) is 7.81. The quantitative estimate of drug-likeness (QED) is 0.216. The molecule has 0 bridgehead atoms. The Bertz CT molecular complexity index is 1180. The number of carboxylic acids is 1. The molecule has 0 fully saturated rings. The predicted molar refractivity (Wildman–Crippen MR) is 146 cm³/mol. The van der Waals surface area contributed by atoms with E-state index in [-0.39, 0.29) is 21.6 Å². The smallest absolute Gasteiger partial charge is 0.341 e. The van der Waals surface area contributed by atoms with Crippen molar-refractivity contribution in [1.29, 1.82) is 0 Å². The molecule has 0 unspecified atom stereocenters. The van der Waals surface area contributed by atoms with Crippen molar-refractivity contribution in [3.8, 4) is 5.75 Å². The molecule has 0 saturated heterocycles. The molecule has 1 aliphatic heterocycles. The van der Waals surface area contributed by atoms with Crippen LogP contribution in [0.4, 0.5) is 5.69 Å². The molecule has 190 valence electrons. The molecule has 6 nitrogen and oxygen atoms in total. The van der Waals surface area contributed by atoms with Crippen LogP contribution >= 0.6 is 34.8 Å². The Morgan fingerprint density at radius 2 is 1.78 bits per heavy atom. The summed E-state index contributed by atoms with van der Waals surface area (Å²) >= 11 is 18.8. The maximum absolute atomic E-state index is 13.4. The average Bonchev–Trinajstić information content (AvgIpc) is 3.12. The second-order valence-corrected chi connectivity index (χ2v) is 9.46. The lowest BCUT2D eigenvalue weighted by Gasteiger charge is -2.15. The Morgan fingerprint density at radius 1 is 1.08 bits per heavy atom. The number of anilines is 1. The molecule has 9 heteroatoms. The lowest BCUT2D eigenvalue weighted by Crippen LogP contribution is -2.22. The number of rotatable bonds is 12. The van der Waals surface area contributed by atoms with Gasteiger partial charge in [0.05, 0.1) is 21.3 Å². The molecule has 0 atom stereocenters. The van der Waals surface area contributed by atoms with E-state index in [9.17, 15) is 9.59 Å². The van der Waals surface area contributed by atoms with Crippen LogP contribution in [0, 0.1) is 0 Å². The van der Waals surface area contributed by atoms with Crippen molar-refractivity contribution in [1.82, 2.24) is 0 Å². The molecule has 0 aromatic heterocycles. The fourth-order valence-corrected chi connectivity index (χ4v) is 4.71. The number of ether oxygens (including phenoxy) is 1. The molecule has 2 aromatic carbocycles. The van der Waals surface area contributed by atoms with Gasteiger partial charge in [0.1, 0.15) is 11.4 Å². The zero-order valence-electron chi connectivity index (χ0n) is 19.8. The van der Waals surface area contributed by atoms with Gasteiger partial charge in [0, 0.05) is 10.6 Å². The second-order valence-electron chi connectivity index (χ2n) is 8.21. The summed E-state index contributed by atoms with van der Waals surface area (Å²) in [5.74, 6) is -0.977. The topological polar surface area (TPSA) is 79.2 Å². The number of benzene rings is 2. The lowest BCUT2D eigenvalue weighted by atomic mass is 10.0. The first-order valence-electron chi connectivity index (χ1n) is 11.7. The third-order valence-electron chi connectivity index (χ3n) is 5.47. The zero-order valence-corrected chi connectivity index (χ0v) is 22.1. The molecule has 1 N–H and O–H groups in total. The van der Waals surface area contributed by atoms with E-state index in [1.54, 1.807) is 36.4 Å². The van der Waals surface area contributed by atoms with Crippen molar-refractivity contribution in [2.45, 2.75) is 45.4 Å². The Hall–Kier alpha value is -2.80. The van der Waals surface area contributed by atoms with Gasteiger partial charge < -0.3 is 9.84 Å². The summed E-state index contributed by atoms with van der Waals surface area (Å²) in [4.78, 5) is 24.3. The molecular weight excluding hydrogens is 523 g/mol. The summed E-state index contributed by atoms with van der Waals surface area (Å²) in [6, 6.07) is 10.1. The number of carboxylic acid groups (broad SMARTS) is 1. The van der Waals surface area contributed by atoms with Gasteiger partial charge in [-0.1, -0.05) is 97.8 Å². The van der Waals surface area contributed by atoms with Crippen molar-refractivity contribution in [2.24, 2.45) is 5.10 Å². The van der Waals surface area contributed by atoms with Crippen molar-refractivity contribution in [3.63, 3.8) is 0 Å². The molecule has 0 aliphatic carbocycles. The number of aliphatic carboxylic acids is 1. The third kappa shape index (κ3) is 7.36. The largest absolute Gasteiger partial charge is 0.481 e. The fraction of sp³-hybridized carbons (Fsp3) is 0.296. The highest BCUT2D eigenvalue weighted by Crippen LogP contribution is 2.39. The number of halogens is 3. The number of hydrogen-bond donors (Lipinski definition) is 1. The molecule has 0 spiro atoms. The van der Waals surface area contributed by atoms with Crippen LogP contribution in [0.15, 0.2) is 59.2 Å². The molecule has 3 rings (SSSR count). The average molecular weight is 550 g/mol. The monoisotopic (exact) mass is 548 g/mol. The Balaban J connectivity index is 1.88. The first-order valence-corrected chi connectivity index (χ1v) is 12.8. The summed E-state index contributed by atoms with van der Waals surface area (Å²) in [6.07, 6.45) is 11.2. The number of nitrogens with zero attached hydrogens (tertiary/aromatic N) is 2. The van der Waals surface area contributed by atoms with Gasteiger partial charge in [-0.3, -0.25) is 4.79 Å². The van der Waals surface area contributed by atoms with E-state index in [1.807, 2.05) is 6.07 Å². The minimum Gasteiger partial charge on any atom is -0.481 e. The van der Waals surface area contributed by atoms with Crippen molar-refractivity contribution < 1.29 is 19.4 Å². The number of unbranched alkanes of at least 4 members (excludes halogenated alkanes) is 4. The highest BCUT2D eigenvalue weighted by molar-refractivity contribution is 6.43. The molecule has 0 radical (unpaired) electrons. The maximum atomic E-state index is 13.4. The molecule has 1 amide bonds. The first-order chi connectivity index (χ1) is 17.3. The third-order valence-corrected chi connectivity index (χ3v) is 6.27. The van der Waals surface area contributed by atoms with E-state index in [2.05, 4.69) is 12.0 Å². The zero-order chi connectivity index (χ0) is 26.1. The van der Waals surface area contributed by atoms with Crippen LogP contribution in [0.5, 0.6) is 5.75 Å². The van der Waals surface area contributed by atoms with Crippen molar-refractivity contribution in [2.75, 3.05) is 11.6 Å². The Kier molecular flexibility index (Phi) is 10.4. The van der Waals surface area contributed by atoms with Crippen LogP contribution in [0.25, 0.3) is 6.08 Å². The highest BCUT2D eigenvalue weighted by atomic mass is 35.5. The minimum absolute atomic E-state index is 0.230. The fourth-order valence-electron chi connectivity index (χ4n) is 3.73.